The van der Waals surface area contributed by atoms with Gasteiger partial charge in [-0.15, -0.1) is 0 Å². The van der Waals surface area contributed by atoms with Gasteiger partial charge in [0.2, 0.25) is 5.91 Å². The van der Waals surface area contributed by atoms with Gasteiger partial charge < -0.3 is 10.2 Å². The molecule has 0 heterocycles. The van der Waals surface area contributed by atoms with Crippen molar-refractivity contribution in [2.75, 3.05) is 16.6 Å². The van der Waals surface area contributed by atoms with Crippen LogP contribution < -0.4 is 10.0 Å². The van der Waals surface area contributed by atoms with E-state index in [0.29, 0.717) is 12.1 Å². The van der Waals surface area contributed by atoms with Crippen molar-refractivity contribution in [3.8, 4) is 0 Å². The molecule has 0 fully saturated rings. The van der Waals surface area contributed by atoms with Crippen LogP contribution in [0.5, 0.6) is 0 Å². The number of sulfonamides is 1. The molecule has 0 saturated carbocycles. The number of carbonyl (C=O) groups excluding carboxylic acids is 2. The van der Waals surface area contributed by atoms with Gasteiger partial charge in [-0.25, -0.2) is 8.42 Å². The predicted octanol–water partition coefficient (Wildman–Crippen LogP) is 3.36. The summed E-state index contributed by atoms with van der Waals surface area (Å²) in [7, 11) is -4.06. The van der Waals surface area contributed by atoms with Crippen molar-refractivity contribution in [3.63, 3.8) is 0 Å². The second kappa shape index (κ2) is 9.16. The third kappa shape index (κ3) is 5.96. The molecular weight excluding hydrogens is 423 g/mol. The average Bonchev–Trinajstić information content (AvgIpc) is 2.66. The zero-order valence-corrected chi connectivity index (χ0v) is 17.0. The fourth-order valence-electron chi connectivity index (χ4n) is 2.53. The number of hydrogen-bond donors (Lipinski definition) is 2. The molecule has 2 amide bonds. The quantitative estimate of drug-likeness (QED) is 0.686. The number of alkyl halides is 3. The van der Waals surface area contributed by atoms with Gasteiger partial charge in [-0.1, -0.05) is 18.2 Å². The number of halogens is 3. The lowest BCUT2D eigenvalue weighted by molar-refractivity contribution is -0.167. The number of carbonyl (C=O) groups is 2. The molecule has 7 nitrogen and oxygen atoms in total. The normalized spacial score (nSPS) is 11.6. The maximum absolute atomic E-state index is 12.7. The smallest absolute Gasteiger partial charge is 0.339 e. The van der Waals surface area contributed by atoms with Gasteiger partial charge in [-0.3, -0.25) is 14.3 Å². The van der Waals surface area contributed by atoms with Gasteiger partial charge in [0.05, 0.1) is 10.6 Å². The fourth-order valence-corrected chi connectivity index (χ4v) is 3.63. The SMILES string of the molecule is CCN(Cc1ccccc1NS(=O)(=O)c1ccc(NC(=O)C(F)(F)F)cc1)C(C)=O. The van der Waals surface area contributed by atoms with E-state index in [-0.39, 0.29) is 28.7 Å². The van der Waals surface area contributed by atoms with Crippen molar-refractivity contribution in [3.05, 3.63) is 54.1 Å². The maximum Gasteiger partial charge on any atom is 0.471 e. The van der Waals surface area contributed by atoms with E-state index in [2.05, 4.69) is 4.72 Å². The molecule has 0 spiro atoms. The number of nitrogens with zero attached hydrogens (tertiary/aromatic N) is 1. The highest BCUT2D eigenvalue weighted by atomic mass is 32.2. The van der Waals surface area contributed by atoms with Gasteiger partial charge in [-0.2, -0.15) is 13.2 Å². The summed E-state index contributed by atoms with van der Waals surface area (Å²) in [4.78, 5) is 23.9. The molecule has 0 unspecified atom stereocenters. The molecule has 2 rings (SSSR count). The Hall–Kier alpha value is -3.08. The summed E-state index contributed by atoms with van der Waals surface area (Å²) in [6.07, 6.45) is -5.05. The fraction of sp³-hybridized carbons (Fsp3) is 0.263. The molecule has 0 aliphatic heterocycles. The average molecular weight is 443 g/mol. The van der Waals surface area contributed by atoms with E-state index in [1.54, 1.807) is 36.5 Å². The van der Waals surface area contributed by atoms with Crippen LogP contribution in [0.25, 0.3) is 0 Å². The Kier molecular flexibility index (Phi) is 7.08. The van der Waals surface area contributed by atoms with Crippen LogP contribution in [0.4, 0.5) is 24.5 Å². The lowest BCUT2D eigenvalue weighted by Gasteiger charge is -2.21. The zero-order valence-electron chi connectivity index (χ0n) is 16.2. The first-order chi connectivity index (χ1) is 13.9. The van der Waals surface area contributed by atoms with Crippen molar-refractivity contribution in [2.24, 2.45) is 0 Å². The van der Waals surface area contributed by atoms with Gasteiger partial charge in [0, 0.05) is 25.7 Å². The minimum atomic E-state index is -5.05. The number of nitrogens with one attached hydrogen (secondary N) is 2. The minimum absolute atomic E-state index is 0.161. The van der Waals surface area contributed by atoms with Gasteiger partial charge in [0.15, 0.2) is 0 Å². The molecule has 30 heavy (non-hydrogen) atoms. The van der Waals surface area contributed by atoms with E-state index in [0.717, 1.165) is 24.3 Å². The highest BCUT2D eigenvalue weighted by Crippen LogP contribution is 2.23. The minimum Gasteiger partial charge on any atom is -0.339 e. The van der Waals surface area contributed by atoms with Gasteiger partial charge in [-0.05, 0) is 42.8 Å². The van der Waals surface area contributed by atoms with Crippen LogP contribution in [0.15, 0.2) is 53.4 Å². The summed E-state index contributed by atoms with van der Waals surface area (Å²) in [5.41, 5.74) is 0.649. The van der Waals surface area contributed by atoms with Crippen molar-refractivity contribution >= 4 is 33.2 Å². The van der Waals surface area contributed by atoms with E-state index in [1.165, 1.54) is 11.8 Å². The first kappa shape index (κ1) is 23.2. The predicted molar refractivity (Wildman–Crippen MR) is 105 cm³/mol. The Labute approximate surface area is 171 Å². The van der Waals surface area contributed by atoms with Gasteiger partial charge in [0.25, 0.3) is 10.0 Å². The molecule has 0 bridgehead atoms. The van der Waals surface area contributed by atoms with Gasteiger partial charge >= 0.3 is 12.1 Å². The van der Waals surface area contributed by atoms with Crippen LogP contribution in [-0.4, -0.2) is 37.9 Å². The van der Waals surface area contributed by atoms with E-state index >= 15 is 0 Å². The third-order valence-corrected chi connectivity index (χ3v) is 5.51. The second-order valence-electron chi connectivity index (χ2n) is 6.27. The number of hydrogen-bond acceptors (Lipinski definition) is 4. The monoisotopic (exact) mass is 443 g/mol. The number of amides is 2. The lowest BCUT2D eigenvalue weighted by Crippen LogP contribution is -2.29. The molecule has 2 aromatic carbocycles. The van der Waals surface area contributed by atoms with E-state index < -0.39 is 22.1 Å². The summed E-state index contributed by atoms with van der Waals surface area (Å²) in [6, 6.07) is 10.8. The molecule has 0 aromatic heterocycles. The lowest BCUT2D eigenvalue weighted by atomic mass is 10.1. The number of para-hydroxylation sites is 1. The van der Waals surface area contributed by atoms with E-state index in [9.17, 15) is 31.2 Å². The first-order valence-corrected chi connectivity index (χ1v) is 10.3. The van der Waals surface area contributed by atoms with Crippen LogP contribution in [-0.2, 0) is 26.2 Å². The topological polar surface area (TPSA) is 95.6 Å². The van der Waals surface area contributed by atoms with Crippen LogP contribution in [0.3, 0.4) is 0 Å². The van der Waals surface area contributed by atoms with Crippen LogP contribution in [0.1, 0.15) is 19.4 Å². The summed E-state index contributed by atoms with van der Waals surface area (Å²) >= 11 is 0. The highest BCUT2D eigenvalue weighted by Gasteiger charge is 2.38. The largest absolute Gasteiger partial charge is 0.471 e. The maximum atomic E-state index is 12.7. The molecule has 11 heteroatoms. The molecule has 2 N–H and O–H groups in total. The second-order valence-corrected chi connectivity index (χ2v) is 7.95. The Balaban J connectivity index is 2.21. The molecule has 162 valence electrons. The van der Waals surface area contributed by atoms with Gasteiger partial charge in [0.1, 0.15) is 0 Å². The Bertz CT molecular complexity index is 1020. The molecule has 0 aliphatic carbocycles. The summed E-state index contributed by atoms with van der Waals surface area (Å²) in [6.45, 7) is 3.86. The molecule has 0 radical (unpaired) electrons. The van der Waals surface area contributed by atoms with E-state index in [4.69, 9.17) is 0 Å². The Morgan fingerprint density at radius 2 is 1.63 bits per heavy atom. The first-order valence-electron chi connectivity index (χ1n) is 8.78. The Morgan fingerprint density at radius 1 is 1.03 bits per heavy atom. The molecule has 0 atom stereocenters. The third-order valence-electron chi connectivity index (χ3n) is 4.13. The highest BCUT2D eigenvalue weighted by molar-refractivity contribution is 7.92. The number of benzene rings is 2. The number of anilines is 2. The standard InChI is InChI=1S/C19H20F3N3O4S/c1-3-25(13(2)26)12-14-6-4-5-7-17(14)24-30(28,29)16-10-8-15(9-11-16)23-18(27)19(20,21)22/h4-11,24H,3,12H2,1-2H3,(H,23,27). The number of rotatable bonds is 7. The van der Waals surface area contributed by atoms with E-state index in [1.807, 2.05) is 0 Å². The van der Waals surface area contributed by atoms with Crippen LogP contribution in [0, 0.1) is 0 Å². The molecule has 0 saturated heterocycles. The summed E-state index contributed by atoms with van der Waals surface area (Å²) in [5.74, 6) is -2.32. The van der Waals surface area contributed by atoms with Crippen LogP contribution >= 0.6 is 0 Å². The summed E-state index contributed by atoms with van der Waals surface area (Å²) in [5, 5.41) is 1.64. The zero-order chi connectivity index (χ0) is 22.5. The van der Waals surface area contributed by atoms with Crippen molar-refractivity contribution in [1.82, 2.24) is 4.90 Å². The molecule has 2 aromatic rings. The van der Waals surface area contributed by atoms with Crippen LogP contribution in [0.2, 0.25) is 0 Å². The molecular formula is C19H20F3N3O4S. The molecule has 0 aliphatic rings. The Morgan fingerprint density at radius 3 is 2.17 bits per heavy atom. The van der Waals surface area contributed by atoms with Crippen molar-refractivity contribution in [1.29, 1.82) is 0 Å². The van der Waals surface area contributed by atoms with Crippen molar-refractivity contribution < 1.29 is 31.2 Å². The van der Waals surface area contributed by atoms with Crippen molar-refractivity contribution in [2.45, 2.75) is 31.5 Å². The summed E-state index contributed by atoms with van der Waals surface area (Å²) < 4.78 is 64.7.